The number of hydrogen-bond donors (Lipinski definition) is 1. The zero-order valence-electron chi connectivity index (χ0n) is 9.25. The molecule has 0 radical (unpaired) electrons. The molecule has 4 nitrogen and oxygen atoms in total. The summed E-state index contributed by atoms with van der Waals surface area (Å²) in [5.74, 6) is -1.11. The highest BCUT2D eigenvalue weighted by Gasteiger charge is 2.44. The Morgan fingerprint density at radius 3 is 2.72 bits per heavy atom. The Morgan fingerprint density at radius 2 is 2.17 bits per heavy atom. The summed E-state index contributed by atoms with van der Waals surface area (Å²) < 4.78 is 48.0. The first kappa shape index (κ1) is 12.9. The number of rotatable bonds is 1. The Bertz CT molecular complexity index is 501. The quantitative estimate of drug-likeness (QED) is 0.596. The number of fused-ring (bicyclic) bond motifs is 1. The molecule has 18 heavy (non-hydrogen) atoms. The van der Waals surface area contributed by atoms with E-state index in [0.29, 0.717) is 0 Å². The molecule has 8 heteroatoms. The molecule has 0 unspecified atom stereocenters. The van der Waals surface area contributed by atoms with Gasteiger partial charge in [0.2, 0.25) is 0 Å². The summed E-state index contributed by atoms with van der Waals surface area (Å²) in [6.07, 6.45) is -4.77. The van der Waals surface area contributed by atoms with Crippen LogP contribution < -0.4 is 5.46 Å². The minimum atomic E-state index is -4.77. The van der Waals surface area contributed by atoms with Gasteiger partial charge in [-0.3, -0.25) is 0 Å². The van der Waals surface area contributed by atoms with Crippen molar-refractivity contribution in [3.63, 3.8) is 0 Å². The molecule has 0 aromatic heterocycles. The van der Waals surface area contributed by atoms with Crippen LogP contribution in [-0.4, -0.2) is 25.2 Å². The molecule has 0 atom stereocenters. The average molecular weight is 260 g/mol. The molecular weight excluding hydrogens is 252 g/mol. The van der Waals surface area contributed by atoms with Crippen LogP contribution >= 0.6 is 0 Å². The standard InChI is InChI=1S/C10H8BF3O4/c1-17-9(15)6-3-2-5-4-18-11(16)8(5)7(6)10(12,13)14/h2-3,16H,4H2,1H3. The number of esters is 1. The molecule has 0 amide bonds. The van der Waals surface area contributed by atoms with Gasteiger partial charge < -0.3 is 14.4 Å². The van der Waals surface area contributed by atoms with Crippen molar-refractivity contribution in [2.24, 2.45) is 0 Å². The van der Waals surface area contributed by atoms with E-state index in [1.54, 1.807) is 0 Å². The lowest BCUT2D eigenvalue weighted by atomic mass is 9.74. The molecule has 0 spiro atoms. The lowest BCUT2D eigenvalue weighted by molar-refractivity contribution is -0.137. The zero-order chi connectivity index (χ0) is 13.5. The molecule has 1 aromatic carbocycles. The van der Waals surface area contributed by atoms with Crippen LogP contribution in [0.5, 0.6) is 0 Å². The normalized spacial score (nSPS) is 14.6. The molecule has 96 valence electrons. The topological polar surface area (TPSA) is 55.8 Å². The fraction of sp³-hybridized carbons (Fsp3) is 0.300. The molecule has 1 heterocycles. The third-order valence-corrected chi connectivity index (χ3v) is 2.67. The van der Waals surface area contributed by atoms with Crippen molar-refractivity contribution in [2.45, 2.75) is 12.8 Å². The summed E-state index contributed by atoms with van der Waals surface area (Å²) in [5.41, 5.74) is -2.03. The van der Waals surface area contributed by atoms with Crippen LogP contribution in [0.25, 0.3) is 0 Å². The predicted molar refractivity (Wildman–Crippen MR) is 55.2 cm³/mol. The molecule has 1 aliphatic heterocycles. The minimum absolute atomic E-state index is 0.124. The number of halogens is 3. The molecule has 1 aromatic rings. The van der Waals surface area contributed by atoms with Gasteiger partial charge in [-0.15, -0.1) is 0 Å². The number of benzene rings is 1. The third-order valence-electron chi connectivity index (χ3n) is 2.67. The maximum atomic E-state index is 13.0. The number of alkyl halides is 3. The smallest absolute Gasteiger partial charge is 0.465 e. The van der Waals surface area contributed by atoms with Crippen LogP contribution in [0.15, 0.2) is 12.1 Å². The Kier molecular flexibility index (Phi) is 3.08. The molecule has 0 saturated heterocycles. The summed E-state index contributed by atoms with van der Waals surface area (Å²) in [6.45, 7) is -0.124. The monoisotopic (exact) mass is 260 g/mol. The minimum Gasteiger partial charge on any atom is -0.465 e. The van der Waals surface area contributed by atoms with E-state index in [1.807, 2.05) is 0 Å². The van der Waals surface area contributed by atoms with Crippen molar-refractivity contribution < 1.29 is 32.4 Å². The largest absolute Gasteiger partial charge is 0.492 e. The maximum absolute atomic E-state index is 13.0. The SMILES string of the molecule is COC(=O)c1ccc2c(c1C(F)(F)F)B(O)OC2. The van der Waals surface area contributed by atoms with Crippen LogP contribution in [-0.2, 0) is 22.2 Å². The van der Waals surface area contributed by atoms with E-state index >= 15 is 0 Å². The van der Waals surface area contributed by atoms with Crippen molar-refractivity contribution in [1.29, 1.82) is 0 Å². The van der Waals surface area contributed by atoms with E-state index in [2.05, 4.69) is 4.74 Å². The number of carbonyl (C=O) groups excluding carboxylic acids is 1. The van der Waals surface area contributed by atoms with Gasteiger partial charge in [0.15, 0.2) is 0 Å². The Balaban J connectivity index is 2.71. The molecule has 0 fully saturated rings. The Labute approximate surface area is 100 Å². The fourth-order valence-electron chi connectivity index (χ4n) is 1.91. The summed E-state index contributed by atoms with van der Waals surface area (Å²) in [7, 11) is -0.691. The maximum Gasteiger partial charge on any atom is 0.492 e. The van der Waals surface area contributed by atoms with Crippen LogP contribution in [0.4, 0.5) is 13.2 Å². The average Bonchev–Trinajstić information content (AvgIpc) is 2.68. The summed E-state index contributed by atoms with van der Waals surface area (Å²) in [5, 5.41) is 9.43. The van der Waals surface area contributed by atoms with Gasteiger partial charge in [-0.05, 0) is 11.6 Å². The van der Waals surface area contributed by atoms with Gasteiger partial charge in [-0.2, -0.15) is 13.2 Å². The summed E-state index contributed by atoms with van der Waals surface area (Å²) in [6, 6.07) is 2.34. The summed E-state index contributed by atoms with van der Waals surface area (Å²) in [4.78, 5) is 11.3. The van der Waals surface area contributed by atoms with Gasteiger partial charge >= 0.3 is 19.3 Å². The van der Waals surface area contributed by atoms with Crippen molar-refractivity contribution in [3.05, 3.63) is 28.8 Å². The third kappa shape index (κ3) is 1.97. The van der Waals surface area contributed by atoms with Crippen LogP contribution in [0.3, 0.4) is 0 Å². The fourth-order valence-corrected chi connectivity index (χ4v) is 1.91. The predicted octanol–water partition coefficient (Wildman–Crippen LogP) is 0.710. The molecule has 1 N–H and O–H groups in total. The summed E-state index contributed by atoms with van der Waals surface area (Å²) >= 11 is 0. The molecule has 2 rings (SSSR count). The molecule has 0 saturated carbocycles. The van der Waals surface area contributed by atoms with Gasteiger partial charge in [0.05, 0.1) is 24.8 Å². The Morgan fingerprint density at radius 1 is 1.50 bits per heavy atom. The highest BCUT2D eigenvalue weighted by Crippen LogP contribution is 2.33. The lowest BCUT2D eigenvalue weighted by Crippen LogP contribution is -2.36. The first-order valence-electron chi connectivity index (χ1n) is 4.97. The van der Waals surface area contributed by atoms with Crippen LogP contribution in [0.1, 0.15) is 21.5 Å². The molecule has 1 aliphatic rings. The van der Waals surface area contributed by atoms with Crippen LogP contribution in [0, 0.1) is 0 Å². The first-order chi connectivity index (χ1) is 8.36. The van der Waals surface area contributed by atoms with Crippen LogP contribution in [0.2, 0.25) is 0 Å². The van der Waals surface area contributed by atoms with Crippen molar-refractivity contribution >= 4 is 18.6 Å². The van der Waals surface area contributed by atoms with Gasteiger partial charge in [-0.1, -0.05) is 6.07 Å². The van der Waals surface area contributed by atoms with E-state index in [0.717, 1.165) is 13.2 Å². The second kappa shape index (κ2) is 4.29. The molecule has 0 bridgehead atoms. The van der Waals surface area contributed by atoms with Gasteiger partial charge in [-0.25, -0.2) is 4.79 Å². The van der Waals surface area contributed by atoms with Gasteiger partial charge in [0.1, 0.15) is 0 Å². The first-order valence-corrected chi connectivity index (χ1v) is 4.97. The van der Waals surface area contributed by atoms with Gasteiger partial charge in [0.25, 0.3) is 0 Å². The zero-order valence-corrected chi connectivity index (χ0v) is 9.25. The second-order valence-electron chi connectivity index (χ2n) is 3.71. The van der Waals surface area contributed by atoms with E-state index in [1.165, 1.54) is 6.07 Å². The Hall–Kier alpha value is -1.54. The van der Waals surface area contributed by atoms with Crippen molar-refractivity contribution in [2.75, 3.05) is 7.11 Å². The number of carbonyl (C=O) groups is 1. The van der Waals surface area contributed by atoms with Gasteiger partial charge in [0, 0.05) is 5.46 Å². The van der Waals surface area contributed by atoms with E-state index in [-0.39, 0.29) is 12.2 Å². The van der Waals surface area contributed by atoms with E-state index < -0.39 is 35.9 Å². The highest BCUT2D eigenvalue weighted by atomic mass is 19.4. The number of ether oxygens (including phenoxy) is 1. The number of methoxy groups -OCH3 is 1. The van der Waals surface area contributed by atoms with Crippen molar-refractivity contribution in [1.82, 2.24) is 0 Å². The lowest BCUT2D eigenvalue weighted by Gasteiger charge is -2.15. The molecular formula is C10H8BF3O4. The van der Waals surface area contributed by atoms with Crippen molar-refractivity contribution in [3.8, 4) is 0 Å². The van der Waals surface area contributed by atoms with E-state index in [9.17, 15) is 23.0 Å². The number of hydrogen-bond acceptors (Lipinski definition) is 4. The molecule has 0 aliphatic carbocycles. The highest BCUT2D eigenvalue weighted by molar-refractivity contribution is 6.62. The second-order valence-corrected chi connectivity index (χ2v) is 3.71. The van der Waals surface area contributed by atoms with E-state index in [4.69, 9.17) is 4.65 Å².